The van der Waals surface area contributed by atoms with Crippen molar-refractivity contribution >= 4 is 5.78 Å². The van der Waals surface area contributed by atoms with E-state index >= 15 is 0 Å². The summed E-state index contributed by atoms with van der Waals surface area (Å²) in [6, 6.07) is 3.55. The van der Waals surface area contributed by atoms with Crippen LogP contribution < -0.4 is 0 Å². The molecule has 0 bridgehead atoms. The van der Waals surface area contributed by atoms with Gasteiger partial charge in [-0.3, -0.25) is 4.79 Å². The Morgan fingerprint density at radius 1 is 1.41 bits per heavy atom. The van der Waals surface area contributed by atoms with E-state index in [1.165, 1.54) is 6.33 Å². The van der Waals surface area contributed by atoms with Gasteiger partial charge in [-0.05, 0) is 19.1 Å². The quantitative estimate of drug-likeness (QED) is 0.740. The largest absolute Gasteiger partial charge is 0.458 e. The molecule has 0 aromatic carbocycles. The van der Waals surface area contributed by atoms with Crippen LogP contribution in [0.1, 0.15) is 36.0 Å². The Kier molecular flexibility index (Phi) is 3.37. The molecule has 0 aliphatic carbocycles. The number of aromatic nitrogens is 3. The molecule has 0 saturated carbocycles. The average Bonchev–Trinajstić information content (AvgIpc) is 2.96. The number of carbonyl (C=O) groups is 1. The standard InChI is InChI=1S/C12H15N3O2/c1-3-9-5-6-11(17-9)10(16)7-12-13-8-14-15(12)4-2/h5-6,8H,3-4,7H2,1-2H3. The van der Waals surface area contributed by atoms with Crippen LogP contribution in [0.4, 0.5) is 0 Å². The first kappa shape index (κ1) is 11.6. The van der Waals surface area contributed by atoms with Gasteiger partial charge < -0.3 is 4.42 Å². The smallest absolute Gasteiger partial charge is 0.205 e. The molecule has 0 radical (unpaired) electrons. The van der Waals surface area contributed by atoms with Gasteiger partial charge in [0.25, 0.3) is 0 Å². The summed E-state index contributed by atoms with van der Waals surface area (Å²) >= 11 is 0. The highest BCUT2D eigenvalue weighted by Gasteiger charge is 2.14. The van der Waals surface area contributed by atoms with Crippen LogP contribution in [0.2, 0.25) is 0 Å². The highest BCUT2D eigenvalue weighted by Crippen LogP contribution is 2.11. The van der Waals surface area contributed by atoms with Gasteiger partial charge in [0.15, 0.2) is 5.76 Å². The molecule has 5 heteroatoms. The van der Waals surface area contributed by atoms with Gasteiger partial charge in [0, 0.05) is 13.0 Å². The third-order valence-corrected chi connectivity index (χ3v) is 2.60. The van der Waals surface area contributed by atoms with E-state index in [9.17, 15) is 4.79 Å². The van der Waals surface area contributed by atoms with Gasteiger partial charge in [-0.1, -0.05) is 6.92 Å². The summed E-state index contributed by atoms with van der Waals surface area (Å²) in [7, 11) is 0. The Labute approximate surface area is 99.5 Å². The monoisotopic (exact) mass is 233 g/mol. The minimum Gasteiger partial charge on any atom is -0.458 e. The van der Waals surface area contributed by atoms with E-state index < -0.39 is 0 Å². The predicted molar refractivity (Wildman–Crippen MR) is 61.8 cm³/mol. The van der Waals surface area contributed by atoms with Crippen molar-refractivity contribution in [3.8, 4) is 0 Å². The van der Waals surface area contributed by atoms with E-state index in [0.717, 1.165) is 12.2 Å². The number of aryl methyl sites for hydroxylation is 2. The lowest BCUT2D eigenvalue weighted by molar-refractivity contribution is 0.0961. The number of ketones is 1. The van der Waals surface area contributed by atoms with Crippen LogP contribution in [0.15, 0.2) is 22.9 Å². The molecule has 0 atom stereocenters. The fourth-order valence-corrected chi connectivity index (χ4v) is 1.64. The Morgan fingerprint density at radius 3 is 2.88 bits per heavy atom. The van der Waals surface area contributed by atoms with Crippen molar-refractivity contribution in [1.29, 1.82) is 0 Å². The summed E-state index contributed by atoms with van der Waals surface area (Å²) in [6.07, 6.45) is 2.48. The van der Waals surface area contributed by atoms with Crippen LogP contribution in [-0.4, -0.2) is 20.5 Å². The number of furan rings is 1. The number of Topliss-reactive ketones (excluding diaryl/α,β-unsaturated/α-hetero) is 1. The maximum atomic E-state index is 11.9. The van der Waals surface area contributed by atoms with Crippen molar-refractivity contribution in [2.24, 2.45) is 0 Å². The Bertz CT molecular complexity index is 513. The fourth-order valence-electron chi connectivity index (χ4n) is 1.64. The number of rotatable bonds is 5. The summed E-state index contributed by atoms with van der Waals surface area (Å²) in [4.78, 5) is 16.0. The van der Waals surface area contributed by atoms with Gasteiger partial charge in [-0.15, -0.1) is 0 Å². The first-order valence-electron chi connectivity index (χ1n) is 5.73. The minimum atomic E-state index is -0.0626. The second-order valence-corrected chi connectivity index (χ2v) is 3.71. The van der Waals surface area contributed by atoms with Crippen molar-refractivity contribution in [3.05, 3.63) is 35.8 Å². The lowest BCUT2D eigenvalue weighted by atomic mass is 10.2. The normalized spacial score (nSPS) is 10.7. The molecule has 5 nitrogen and oxygen atoms in total. The molecule has 2 rings (SSSR count). The van der Waals surface area contributed by atoms with Gasteiger partial charge >= 0.3 is 0 Å². The highest BCUT2D eigenvalue weighted by molar-refractivity contribution is 5.94. The van der Waals surface area contributed by atoms with Crippen molar-refractivity contribution in [2.45, 2.75) is 33.2 Å². The zero-order valence-electron chi connectivity index (χ0n) is 10.0. The van der Waals surface area contributed by atoms with Gasteiger partial charge in [0.2, 0.25) is 5.78 Å². The van der Waals surface area contributed by atoms with E-state index in [2.05, 4.69) is 10.1 Å². The SMILES string of the molecule is CCc1ccc(C(=O)Cc2ncnn2CC)o1. The molecule has 0 aliphatic heterocycles. The van der Waals surface area contributed by atoms with E-state index in [-0.39, 0.29) is 12.2 Å². The van der Waals surface area contributed by atoms with Crippen LogP contribution in [0.5, 0.6) is 0 Å². The summed E-state index contributed by atoms with van der Waals surface area (Å²) in [6.45, 7) is 4.66. The Morgan fingerprint density at radius 2 is 2.24 bits per heavy atom. The third-order valence-electron chi connectivity index (χ3n) is 2.60. The molecule has 0 fully saturated rings. The molecule has 0 saturated heterocycles. The first-order chi connectivity index (χ1) is 8.24. The molecule has 2 heterocycles. The van der Waals surface area contributed by atoms with Gasteiger partial charge in [0.1, 0.15) is 17.9 Å². The van der Waals surface area contributed by atoms with Gasteiger partial charge in [0.05, 0.1) is 6.42 Å². The molecule has 0 aliphatic rings. The lowest BCUT2D eigenvalue weighted by Gasteiger charge is -2.00. The topological polar surface area (TPSA) is 60.9 Å². The molecular weight excluding hydrogens is 218 g/mol. The van der Waals surface area contributed by atoms with Gasteiger partial charge in [-0.2, -0.15) is 5.10 Å². The predicted octanol–water partition coefficient (Wildman–Crippen LogP) is 1.88. The zero-order chi connectivity index (χ0) is 12.3. The summed E-state index contributed by atoms with van der Waals surface area (Å²) in [5.74, 6) is 1.83. The molecule has 0 amide bonds. The molecule has 90 valence electrons. The van der Waals surface area contributed by atoms with Crippen LogP contribution in [0, 0.1) is 0 Å². The van der Waals surface area contributed by atoms with Crippen LogP contribution in [0.25, 0.3) is 0 Å². The molecule has 2 aromatic heterocycles. The van der Waals surface area contributed by atoms with Crippen LogP contribution >= 0.6 is 0 Å². The third kappa shape index (κ3) is 2.43. The molecule has 17 heavy (non-hydrogen) atoms. The van der Waals surface area contributed by atoms with E-state index in [1.54, 1.807) is 10.7 Å². The lowest BCUT2D eigenvalue weighted by Crippen LogP contribution is -2.10. The molecule has 0 N–H and O–H groups in total. The number of hydrogen-bond acceptors (Lipinski definition) is 4. The van der Waals surface area contributed by atoms with Crippen molar-refractivity contribution < 1.29 is 9.21 Å². The second-order valence-electron chi connectivity index (χ2n) is 3.71. The number of carbonyl (C=O) groups excluding carboxylic acids is 1. The Balaban J connectivity index is 2.11. The van der Waals surface area contributed by atoms with Crippen molar-refractivity contribution in [2.75, 3.05) is 0 Å². The summed E-state index contributed by atoms with van der Waals surface area (Å²) < 4.78 is 7.12. The number of hydrogen-bond donors (Lipinski definition) is 0. The maximum Gasteiger partial charge on any atom is 0.205 e. The Hall–Kier alpha value is -1.91. The van der Waals surface area contributed by atoms with Crippen molar-refractivity contribution in [1.82, 2.24) is 14.8 Å². The molecule has 2 aromatic rings. The summed E-state index contributed by atoms with van der Waals surface area (Å²) in [5, 5.41) is 4.03. The van der Waals surface area contributed by atoms with E-state index in [0.29, 0.717) is 18.1 Å². The molecule has 0 unspecified atom stereocenters. The maximum absolute atomic E-state index is 11.9. The number of nitrogens with zero attached hydrogens (tertiary/aromatic N) is 3. The fraction of sp³-hybridized carbons (Fsp3) is 0.417. The molecular formula is C12H15N3O2. The minimum absolute atomic E-state index is 0.0626. The first-order valence-corrected chi connectivity index (χ1v) is 5.73. The molecule has 0 spiro atoms. The van der Waals surface area contributed by atoms with Crippen LogP contribution in [0.3, 0.4) is 0 Å². The average molecular weight is 233 g/mol. The zero-order valence-corrected chi connectivity index (χ0v) is 10.0. The van der Waals surface area contributed by atoms with Crippen LogP contribution in [-0.2, 0) is 19.4 Å². The van der Waals surface area contributed by atoms with E-state index in [4.69, 9.17) is 4.42 Å². The highest BCUT2D eigenvalue weighted by atomic mass is 16.3. The summed E-state index contributed by atoms with van der Waals surface area (Å²) in [5.41, 5.74) is 0. The van der Waals surface area contributed by atoms with Gasteiger partial charge in [-0.25, -0.2) is 9.67 Å². The second kappa shape index (κ2) is 4.95. The van der Waals surface area contributed by atoms with Crippen molar-refractivity contribution in [3.63, 3.8) is 0 Å². The van der Waals surface area contributed by atoms with E-state index in [1.807, 2.05) is 19.9 Å².